The zero-order chi connectivity index (χ0) is 20.0. The van der Waals surface area contributed by atoms with E-state index in [1.165, 1.54) is 33.8 Å². The number of nitrogens with zero attached hydrogens (tertiary/aromatic N) is 3. The van der Waals surface area contributed by atoms with Crippen molar-refractivity contribution in [3.05, 3.63) is 94.6 Å². The minimum atomic E-state index is -0.195. The second-order valence-corrected chi connectivity index (χ2v) is 7.90. The molecular formula is C25H24FN3. The molecule has 0 aliphatic carbocycles. The fourth-order valence-corrected chi connectivity index (χ4v) is 4.50. The SMILES string of the molecule is Cc1c(C)n(Cc2cccc(F)c2)c2c(N3CCc4ccccc4C3)nccc12. The second kappa shape index (κ2) is 7.03. The molecule has 0 amide bonds. The van der Waals surface area contributed by atoms with Gasteiger partial charge in [-0.3, -0.25) is 0 Å². The molecule has 2 aromatic carbocycles. The predicted molar refractivity (Wildman–Crippen MR) is 116 cm³/mol. The molecule has 5 rings (SSSR count). The molecule has 3 heterocycles. The van der Waals surface area contributed by atoms with Gasteiger partial charge in [0.1, 0.15) is 5.82 Å². The third-order valence-electron chi connectivity index (χ3n) is 6.19. The first-order valence-corrected chi connectivity index (χ1v) is 10.1. The molecule has 0 unspecified atom stereocenters. The summed E-state index contributed by atoms with van der Waals surface area (Å²) in [7, 11) is 0. The van der Waals surface area contributed by atoms with Crippen molar-refractivity contribution in [3.8, 4) is 0 Å². The molecule has 1 aliphatic heterocycles. The Morgan fingerprint density at radius 3 is 2.66 bits per heavy atom. The van der Waals surface area contributed by atoms with Gasteiger partial charge >= 0.3 is 0 Å². The van der Waals surface area contributed by atoms with Crippen molar-refractivity contribution in [3.63, 3.8) is 0 Å². The maximum Gasteiger partial charge on any atom is 0.153 e. The number of anilines is 1. The molecule has 0 fully saturated rings. The molecule has 29 heavy (non-hydrogen) atoms. The van der Waals surface area contributed by atoms with E-state index in [-0.39, 0.29) is 5.82 Å². The van der Waals surface area contributed by atoms with Gasteiger partial charge < -0.3 is 9.47 Å². The van der Waals surface area contributed by atoms with Crippen LogP contribution in [0.25, 0.3) is 10.9 Å². The monoisotopic (exact) mass is 385 g/mol. The first kappa shape index (κ1) is 17.9. The number of aromatic nitrogens is 2. The summed E-state index contributed by atoms with van der Waals surface area (Å²) in [6.07, 6.45) is 2.94. The van der Waals surface area contributed by atoms with Crippen LogP contribution in [-0.2, 0) is 19.5 Å². The molecule has 0 radical (unpaired) electrons. The first-order chi connectivity index (χ1) is 14.1. The van der Waals surface area contributed by atoms with Crippen LogP contribution in [0.5, 0.6) is 0 Å². The van der Waals surface area contributed by atoms with Crippen molar-refractivity contribution in [2.75, 3.05) is 11.4 Å². The van der Waals surface area contributed by atoms with Gasteiger partial charge in [-0.25, -0.2) is 9.37 Å². The average molecular weight is 385 g/mol. The highest BCUT2D eigenvalue weighted by Crippen LogP contribution is 2.34. The van der Waals surface area contributed by atoms with Gasteiger partial charge in [-0.05, 0) is 60.7 Å². The van der Waals surface area contributed by atoms with Crippen LogP contribution < -0.4 is 4.90 Å². The summed E-state index contributed by atoms with van der Waals surface area (Å²) in [4.78, 5) is 7.19. The largest absolute Gasteiger partial charge is 0.350 e. The van der Waals surface area contributed by atoms with Crippen LogP contribution in [0.4, 0.5) is 10.2 Å². The highest BCUT2D eigenvalue weighted by molar-refractivity contribution is 5.93. The molecule has 0 N–H and O–H groups in total. The number of halogens is 1. The van der Waals surface area contributed by atoms with Crippen molar-refractivity contribution in [2.24, 2.45) is 0 Å². The maximum atomic E-state index is 13.8. The Bertz CT molecular complexity index is 1210. The summed E-state index contributed by atoms with van der Waals surface area (Å²) in [6, 6.07) is 17.6. The van der Waals surface area contributed by atoms with E-state index in [0.717, 1.165) is 36.4 Å². The summed E-state index contributed by atoms with van der Waals surface area (Å²) in [5, 5.41) is 1.22. The van der Waals surface area contributed by atoms with Crippen molar-refractivity contribution in [2.45, 2.75) is 33.4 Å². The lowest BCUT2D eigenvalue weighted by molar-refractivity contribution is 0.623. The number of fused-ring (bicyclic) bond motifs is 2. The van der Waals surface area contributed by atoms with E-state index in [9.17, 15) is 4.39 Å². The minimum absolute atomic E-state index is 0.195. The standard InChI is InChI=1S/C25H24FN3/c1-17-18(2)29(15-19-6-5-9-22(26)14-19)24-23(17)10-12-27-25(24)28-13-11-20-7-3-4-8-21(20)16-28/h3-10,12,14H,11,13,15-16H2,1-2H3. The van der Waals surface area contributed by atoms with Crippen LogP contribution in [0.3, 0.4) is 0 Å². The predicted octanol–water partition coefficient (Wildman–Crippen LogP) is 5.40. The van der Waals surface area contributed by atoms with E-state index in [4.69, 9.17) is 4.98 Å². The van der Waals surface area contributed by atoms with Gasteiger partial charge in [-0.2, -0.15) is 0 Å². The van der Waals surface area contributed by atoms with Gasteiger partial charge in [0.25, 0.3) is 0 Å². The summed E-state index contributed by atoms with van der Waals surface area (Å²) in [5.74, 6) is 0.823. The Kier molecular flexibility index (Phi) is 4.35. The van der Waals surface area contributed by atoms with Crippen LogP contribution in [0.1, 0.15) is 27.9 Å². The number of aryl methyl sites for hydroxylation is 1. The van der Waals surface area contributed by atoms with E-state index >= 15 is 0 Å². The molecule has 0 atom stereocenters. The van der Waals surface area contributed by atoms with E-state index < -0.39 is 0 Å². The molecule has 0 saturated heterocycles. The molecule has 0 saturated carbocycles. The third kappa shape index (κ3) is 3.09. The number of rotatable bonds is 3. The number of pyridine rings is 1. The second-order valence-electron chi connectivity index (χ2n) is 7.90. The Balaban J connectivity index is 1.63. The lowest BCUT2D eigenvalue weighted by atomic mass is 10.00. The van der Waals surface area contributed by atoms with Crippen LogP contribution in [0.15, 0.2) is 60.8 Å². The molecule has 3 nitrogen and oxygen atoms in total. The lowest BCUT2D eigenvalue weighted by Gasteiger charge is -2.30. The molecular weight excluding hydrogens is 361 g/mol. The Hall–Kier alpha value is -3.14. The Morgan fingerprint density at radius 1 is 1.00 bits per heavy atom. The lowest BCUT2D eigenvalue weighted by Crippen LogP contribution is -2.31. The number of hydrogen-bond acceptors (Lipinski definition) is 2. The fourth-order valence-electron chi connectivity index (χ4n) is 4.50. The Labute approximate surface area is 170 Å². The summed E-state index contributed by atoms with van der Waals surface area (Å²) in [6.45, 7) is 6.76. The molecule has 2 aromatic heterocycles. The van der Waals surface area contributed by atoms with Gasteiger partial charge in [-0.1, -0.05) is 36.4 Å². The van der Waals surface area contributed by atoms with Gasteiger partial charge in [0.15, 0.2) is 5.82 Å². The summed E-state index contributed by atoms with van der Waals surface area (Å²) >= 11 is 0. The van der Waals surface area contributed by atoms with E-state index in [0.29, 0.717) is 6.54 Å². The smallest absolute Gasteiger partial charge is 0.153 e. The molecule has 0 bridgehead atoms. The minimum Gasteiger partial charge on any atom is -0.350 e. The van der Waals surface area contributed by atoms with Crippen molar-refractivity contribution in [1.29, 1.82) is 0 Å². The first-order valence-electron chi connectivity index (χ1n) is 10.1. The van der Waals surface area contributed by atoms with Crippen molar-refractivity contribution in [1.82, 2.24) is 9.55 Å². The molecule has 1 aliphatic rings. The van der Waals surface area contributed by atoms with Gasteiger partial charge in [0.05, 0.1) is 5.52 Å². The third-order valence-corrected chi connectivity index (χ3v) is 6.19. The van der Waals surface area contributed by atoms with Gasteiger partial charge in [0, 0.05) is 36.9 Å². The van der Waals surface area contributed by atoms with Crippen LogP contribution in [-0.4, -0.2) is 16.1 Å². The van der Waals surface area contributed by atoms with Crippen LogP contribution in [0, 0.1) is 19.7 Å². The van der Waals surface area contributed by atoms with Crippen LogP contribution in [0.2, 0.25) is 0 Å². The normalized spacial score (nSPS) is 13.7. The summed E-state index contributed by atoms with van der Waals surface area (Å²) in [5.41, 5.74) is 7.37. The average Bonchev–Trinajstić information content (AvgIpc) is 2.98. The van der Waals surface area contributed by atoms with E-state index in [1.54, 1.807) is 12.1 Å². The quantitative estimate of drug-likeness (QED) is 0.471. The van der Waals surface area contributed by atoms with Crippen LogP contribution >= 0.6 is 0 Å². The number of benzene rings is 2. The van der Waals surface area contributed by atoms with Crippen molar-refractivity contribution < 1.29 is 4.39 Å². The Morgan fingerprint density at radius 2 is 1.83 bits per heavy atom. The zero-order valence-electron chi connectivity index (χ0n) is 16.8. The zero-order valence-corrected chi connectivity index (χ0v) is 16.8. The number of hydrogen-bond donors (Lipinski definition) is 0. The highest BCUT2D eigenvalue weighted by atomic mass is 19.1. The van der Waals surface area contributed by atoms with Gasteiger partial charge in [-0.15, -0.1) is 0 Å². The highest BCUT2D eigenvalue weighted by Gasteiger charge is 2.22. The van der Waals surface area contributed by atoms with E-state index in [2.05, 4.69) is 53.6 Å². The maximum absolute atomic E-state index is 13.8. The topological polar surface area (TPSA) is 21.1 Å². The molecule has 0 spiro atoms. The van der Waals surface area contributed by atoms with E-state index in [1.807, 2.05) is 12.3 Å². The van der Waals surface area contributed by atoms with Gasteiger partial charge in [0.2, 0.25) is 0 Å². The van der Waals surface area contributed by atoms with Crippen molar-refractivity contribution >= 4 is 16.7 Å². The fraction of sp³-hybridized carbons (Fsp3) is 0.240. The summed E-state index contributed by atoms with van der Waals surface area (Å²) < 4.78 is 16.1. The molecule has 4 heteroatoms. The molecule has 4 aromatic rings. The molecule has 146 valence electrons.